The van der Waals surface area contributed by atoms with E-state index in [2.05, 4.69) is 5.43 Å². The third-order valence-corrected chi connectivity index (χ3v) is 3.38. The molecule has 1 unspecified atom stereocenters. The molecule has 5 heteroatoms. The molecule has 0 spiro atoms. The lowest BCUT2D eigenvalue weighted by atomic mass is 10.0. The molecule has 2 aromatic rings. The normalized spacial score (nSPS) is 12.6. The van der Waals surface area contributed by atoms with Crippen LogP contribution in [0, 0.1) is 5.82 Å². The number of rotatable bonds is 5. The first kappa shape index (κ1) is 14.1. The van der Waals surface area contributed by atoms with Crippen LogP contribution < -0.4 is 11.3 Å². The molecule has 2 rings (SSSR count). The van der Waals surface area contributed by atoms with Crippen molar-refractivity contribution in [3.63, 3.8) is 0 Å². The number of furan rings is 1. The van der Waals surface area contributed by atoms with Gasteiger partial charge in [0.2, 0.25) is 0 Å². The number of nitrogens with one attached hydrogen (secondary N) is 1. The molecule has 102 valence electrons. The summed E-state index contributed by atoms with van der Waals surface area (Å²) < 4.78 is 18.9. The molecule has 0 aliphatic rings. The number of hydrogen-bond acceptors (Lipinski definition) is 3. The first-order valence-corrected chi connectivity index (χ1v) is 6.50. The molecule has 0 saturated heterocycles. The summed E-state index contributed by atoms with van der Waals surface area (Å²) in [6.07, 6.45) is 1.28. The Morgan fingerprint density at radius 1 is 1.37 bits per heavy atom. The quantitative estimate of drug-likeness (QED) is 0.653. The Balaban J connectivity index is 2.21. The fourth-order valence-corrected chi connectivity index (χ4v) is 2.13. The summed E-state index contributed by atoms with van der Waals surface area (Å²) in [6, 6.07) is 7.83. The Bertz CT molecular complexity index is 556. The minimum Gasteiger partial charge on any atom is -0.464 e. The summed E-state index contributed by atoms with van der Waals surface area (Å²) in [5.74, 6) is 6.84. The van der Waals surface area contributed by atoms with E-state index in [0.717, 1.165) is 17.9 Å². The van der Waals surface area contributed by atoms with Gasteiger partial charge < -0.3 is 4.42 Å². The number of halogens is 2. The molecule has 0 radical (unpaired) electrons. The van der Waals surface area contributed by atoms with Gasteiger partial charge >= 0.3 is 0 Å². The first-order valence-electron chi connectivity index (χ1n) is 6.12. The Kier molecular flexibility index (Phi) is 4.58. The molecular weight excluding hydrogens is 267 g/mol. The van der Waals surface area contributed by atoms with E-state index in [-0.39, 0.29) is 11.9 Å². The lowest BCUT2D eigenvalue weighted by Crippen LogP contribution is -2.29. The van der Waals surface area contributed by atoms with E-state index in [4.69, 9.17) is 21.9 Å². The Labute approximate surface area is 116 Å². The number of benzene rings is 1. The largest absolute Gasteiger partial charge is 0.464 e. The first-order chi connectivity index (χ1) is 9.13. The lowest BCUT2D eigenvalue weighted by molar-refractivity contribution is 0.396. The van der Waals surface area contributed by atoms with Crippen molar-refractivity contribution in [3.05, 3.63) is 58.3 Å². The number of aryl methyl sites for hydroxylation is 1. The average Bonchev–Trinajstić information content (AvgIpc) is 2.88. The highest BCUT2D eigenvalue weighted by atomic mass is 35.5. The topological polar surface area (TPSA) is 51.2 Å². The molecule has 1 atom stereocenters. The van der Waals surface area contributed by atoms with E-state index in [9.17, 15) is 4.39 Å². The maximum absolute atomic E-state index is 13.2. The minimum atomic E-state index is -0.316. The van der Waals surface area contributed by atoms with Crippen molar-refractivity contribution in [3.8, 4) is 0 Å². The standard InChI is InChI=1S/C14H16ClFN2O/c1-2-11-4-6-14(19-11)13(18-17)8-9-7-10(16)3-5-12(9)15/h3-7,13,18H,2,8,17H2,1H3. The molecule has 0 fully saturated rings. The second-order valence-corrected chi connectivity index (χ2v) is 4.72. The summed E-state index contributed by atoms with van der Waals surface area (Å²) in [6.45, 7) is 2.01. The van der Waals surface area contributed by atoms with Crippen molar-refractivity contribution in [2.75, 3.05) is 0 Å². The Morgan fingerprint density at radius 2 is 2.16 bits per heavy atom. The predicted octanol–water partition coefficient (Wildman–Crippen LogP) is 3.38. The third kappa shape index (κ3) is 3.35. The fraction of sp³-hybridized carbons (Fsp3) is 0.286. The molecule has 1 aromatic carbocycles. The van der Waals surface area contributed by atoms with Gasteiger partial charge in [-0.2, -0.15) is 0 Å². The van der Waals surface area contributed by atoms with E-state index in [1.54, 1.807) is 6.07 Å². The molecule has 3 nitrogen and oxygen atoms in total. The van der Waals surface area contributed by atoms with Gasteiger partial charge in [0.25, 0.3) is 0 Å². The highest BCUT2D eigenvalue weighted by molar-refractivity contribution is 6.31. The lowest BCUT2D eigenvalue weighted by Gasteiger charge is -2.14. The molecule has 0 aliphatic heterocycles. The van der Waals surface area contributed by atoms with E-state index in [1.165, 1.54) is 12.1 Å². The van der Waals surface area contributed by atoms with Gasteiger partial charge in [-0.3, -0.25) is 5.84 Å². The fourth-order valence-electron chi connectivity index (χ4n) is 1.93. The second kappa shape index (κ2) is 6.19. The SMILES string of the molecule is CCc1ccc(C(Cc2cc(F)ccc2Cl)NN)o1. The van der Waals surface area contributed by atoms with Crippen LogP contribution in [-0.2, 0) is 12.8 Å². The van der Waals surface area contributed by atoms with Crippen LogP contribution in [0.4, 0.5) is 4.39 Å². The maximum Gasteiger partial charge on any atom is 0.123 e. The van der Waals surface area contributed by atoms with E-state index in [1.807, 2.05) is 19.1 Å². The number of nitrogens with two attached hydrogens (primary N) is 1. The van der Waals surface area contributed by atoms with Crippen molar-refractivity contribution in [1.82, 2.24) is 5.43 Å². The zero-order valence-corrected chi connectivity index (χ0v) is 11.4. The van der Waals surface area contributed by atoms with Crippen molar-refractivity contribution in [2.45, 2.75) is 25.8 Å². The maximum atomic E-state index is 13.2. The zero-order chi connectivity index (χ0) is 13.8. The molecule has 19 heavy (non-hydrogen) atoms. The molecule has 3 N–H and O–H groups in total. The molecule has 0 amide bonds. The van der Waals surface area contributed by atoms with Gasteiger partial charge in [0.05, 0.1) is 6.04 Å². The van der Waals surface area contributed by atoms with Crippen molar-refractivity contribution < 1.29 is 8.81 Å². The number of hydrazine groups is 1. The predicted molar refractivity (Wildman–Crippen MR) is 73.3 cm³/mol. The molecular formula is C14H16ClFN2O. The van der Waals surface area contributed by atoms with E-state index >= 15 is 0 Å². The molecule has 0 aliphatic carbocycles. The molecule has 0 saturated carbocycles. The van der Waals surface area contributed by atoms with Crippen LogP contribution in [0.15, 0.2) is 34.7 Å². The average molecular weight is 283 g/mol. The second-order valence-electron chi connectivity index (χ2n) is 4.32. The summed E-state index contributed by atoms with van der Waals surface area (Å²) in [5.41, 5.74) is 3.37. The van der Waals surface area contributed by atoms with Gasteiger partial charge in [-0.1, -0.05) is 18.5 Å². The van der Waals surface area contributed by atoms with Crippen LogP contribution in [0.25, 0.3) is 0 Å². The van der Waals surface area contributed by atoms with Crippen LogP contribution in [0.2, 0.25) is 5.02 Å². The van der Waals surface area contributed by atoms with Crippen LogP contribution in [0.5, 0.6) is 0 Å². The van der Waals surface area contributed by atoms with E-state index in [0.29, 0.717) is 17.0 Å². The van der Waals surface area contributed by atoms with Gasteiger partial charge in [0.15, 0.2) is 0 Å². The van der Waals surface area contributed by atoms with Crippen LogP contribution >= 0.6 is 11.6 Å². The number of hydrogen-bond donors (Lipinski definition) is 2. The van der Waals surface area contributed by atoms with Crippen LogP contribution in [-0.4, -0.2) is 0 Å². The van der Waals surface area contributed by atoms with E-state index < -0.39 is 0 Å². The zero-order valence-electron chi connectivity index (χ0n) is 10.6. The molecule has 1 heterocycles. The van der Waals surface area contributed by atoms with Gasteiger partial charge in [0, 0.05) is 11.4 Å². The van der Waals surface area contributed by atoms with Crippen molar-refractivity contribution in [1.29, 1.82) is 0 Å². The molecule has 0 bridgehead atoms. The monoisotopic (exact) mass is 282 g/mol. The summed E-state index contributed by atoms with van der Waals surface area (Å²) in [5, 5.41) is 0.518. The smallest absolute Gasteiger partial charge is 0.123 e. The molecule has 1 aromatic heterocycles. The van der Waals surface area contributed by atoms with Crippen molar-refractivity contribution >= 4 is 11.6 Å². The van der Waals surface area contributed by atoms with Gasteiger partial charge in [-0.05, 0) is 42.3 Å². The van der Waals surface area contributed by atoms with Gasteiger partial charge in [-0.25, -0.2) is 9.82 Å². The Hall–Kier alpha value is -1.36. The van der Waals surface area contributed by atoms with Gasteiger partial charge in [0.1, 0.15) is 17.3 Å². The van der Waals surface area contributed by atoms with Crippen LogP contribution in [0.3, 0.4) is 0 Å². The summed E-state index contributed by atoms with van der Waals surface area (Å²) >= 11 is 6.05. The summed E-state index contributed by atoms with van der Waals surface area (Å²) in [7, 11) is 0. The minimum absolute atomic E-state index is 0.236. The van der Waals surface area contributed by atoms with Crippen molar-refractivity contribution in [2.24, 2.45) is 5.84 Å². The van der Waals surface area contributed by atoms with Crippen LogP contribution in [0.1, 0.15) is 30.0 Å². The highest BCUT2D eigenvalue weighted by Gasteiger charge is 2.16. The Morgan fingerprint density at radius 3 is 2.79 bits per heavy atom. The third-order valence-electron chi connectivity index (χ3n) is 3.01. The summed E-state index contributed by atoms with van der Waals surface area (Å²) in [4.78, 5) is 0. The van der Waals surface area contributed by atoms with Gasteiger partial charge in [-0.15, -0.1) is 0 Å². The highest BCUT2D eigenvalue weighted by Crippen LogP contribution is 2.25.